The van der Waals surface area contributed by atoms with E-state index in [1.807, 2.05) is 0 Å². The number of amides is 1. The normalized spacial score (nSPS) is 12.0. The summed E-state index contributed by atoms with van der Waals surface area (Å²) in [7, 11) is 0. The Labute approximate surface area is 224 Å². The van der Waals surface area contributed by atoms with Crippen molar-refractivity contribution in [3.8, 4) is 0 Å². The van der Waals surface area contributed by atoms with Gasteiger partial charge in [0.05, 0.1) is 23.3 Å². The van der Waals surface area contributed by atoms with Gasteiger partial charge in [0.2, 0.25) is 12.2 Å². The van der Waals surface area contributed by atoms with Crippen LogP contribution in [0.5, 0.6) is 0 Å². The van der Waals surface area contributed by atoms with Crippen molar-refractivity contribution in [1.82, 2.24) is 0 Å². The van der Waals surface area contributed by atoms with Crippen molar-refractivity contribution in [2.75, 3.05) is 11.9 Å². The Morgan fingerprint density at radius 2 is 1.21 bits per heavy atom. The Hall–Kier alpha value is -4.99. The second-order valence-corrected chi connectivity index (χ2v) is 8.52. The van der Waals surface area contributed by atoms with Gasteiger partial charge in [-0.05, 0) is 63.2 Å². The lowest BCUT2D eigenvalue weighted by atomic mass is 10.1. The van der Waals surface area contributed by atoms with E-state index in [-0.39, 0.29) is 29.0 Å². The fourth-order valence-electron chi connectivity index (χ4n) is 3.56. The van der Waals surface area contributed by atoms with Gasteiger partial charge in [-0.3, -0.25) is 4.79 Å². The Kier molecular flexibility index (Phi) is 9.53. The van der Waals surface area contributed by atoms with Gasteiger partial charge in [-0.2, -0.15) is 0 Å². The minimum atomic E-state index is -2.19. The lowest BCUT2D eigenvalue weighted by molar-refractivity contribution is -0.157. The molecule has 3 aromatic rings. The highest BCUT2D eigenvalue weighted by molar-refractivity contribution is 6.02. The molecule has 0 radical (unpaired) electrons. The third-order valence-electron chi connectivity index (χ3n) is 5.39. The van der Waals surface area contributed by atoms with Gasteiger partial charge in [0.15, 0.2) is 0 Å². The summed E-state index contributed by atoms with van der Waals surface area (Å²) in [5.41, 5.74) is 1.78. The Bertz CT molecular complexity index is 1400. The zero-order valence-corrected chi connectivity index (χ0v) is 21.5. The molecular formula is C29H27NO9. The van der Waals surface area contributed by atoms with Gasteiger partial charge >= 0.3 is 23.9 Å². The highest BCUT2D eigenvalue weighted by Crippen LogP contribution is 2.18. The van der Waals surface area contributed by atoms with Crippen LogP contribution in [0.4, 0.5) is 5.69 Å². The molecule has 0 aliphatic rings. The quantitative estimate of drug-likeness (QED) is 0.292. The van der Waals surface area contributed by atoms with E-state index in [2.05, 4.69) is 5.32 Å². The molecule has 0 bridgehead atoms. The number of ether oxygens (including phenoxy) is 3. The van der Waals surface area contributed by atoms with Crippen molar-refractivity contribution in [2.45, 2.75) is 33.0 Å². The molecule has 0 saturated heterocycles. The first-order chi connectivity index (χ1) is 18.6. The van der Waals surface area contributed by atoms with Crippen LogP contribution in [0, 0.1) is 13.8 Å². The van der Waals surface area contributed by atoms with E-state index in [0.717, 1.165) is 11.1 Å². The molecule has 2 N–H and O–H groups in total. The Balaban J connectivity index is 1.93. The standard InChI is InChI=1S/C29H27NO9/c1-4-37-27(34)21-12-7-13-22(16-21)30-25(31)23(38-28(35)19-10-5-8-17(2)14-19)24(26(32)33)39-29(36)20-11-6-9-18(3)15-20/h5-16,23-24H,4H2,1-3H3,(H,30,31)(H,32,33)/t23-,24-/m0/s1. The Morgan fingerprint density at radius 1 is 0.718 bits per heavy atom. The number of hydrogen-bond donors (Lipinski definition) is 2. The molecule has 0 saturated carbocycles. The highest BCUT2D eigenvalue weighted by Gasteiger charge is 2.41. The van der Waals surface area contributed by atoms with E-state index in [9.17, 15) is 29.1 Å². The van der Waals surface area contributed by atoms with Gasteiger partial charge in [0.25, 0.3) is 5.91 Å². The van der Waals surface area contributed by atoms with Crippen LogP contribution in [0.1, 0.15) is 49.1 Å². The van der Waals surface area contributed by atoms with Gasteiger partial charge in [0, 0.05) is 5.69 Å². The van der Waals surface area contributed by atoms with Gasteiger partial charge in [0.1, 0.15) is 0 Å². The third-order valence-corrected chi connectivity index (χ3v) is 5.39. The van der Waals surface area contributed by atoms with E-state index >= 15 is 0 Å². The van der Waals surface area contributed by atoms with Crippen LogP contribution in [-0.2, 0) is 23.8 Å². The van der Waals surface area contributed by atoms with Crippen LogP contribution in [0.15, 0.2) is 72.8 Å². The Morgan fingerprint density at radius 3 is 1.69 bits per heavy atom. The third kappa shape index (κ3) is 7.75. The molecule has 0 unspecified atom stereocenters. The molecule has 0 aromatic heterocycles. The lowest BCUT2D eigenvalue weighted by Crippen LogP contribution is -2.48. The summed E-state index contributed by atoms with van der Waals surface area (Å²) in [6.07, 6.45) is -4.28. The fraction of sp³-hybridized carbons (Fsp3) is 0.207. The number of anilines is 1. The van der Waals surface area contributed by atoms with Crippen LogP contribution >= 0.6 is 0 Å². The predicted octanol–water partition coefficient (Wildman–Crippen LogP) is 3.95. The van der Waals surface area contributed by atoms with Gasteiger partial charge in [-0.15, -0.1) is 0 Å². The fourth-order valence-corrected chi connectivity index (χ4v) is 3.56. The summed E-state index contributed by atoms with van der Waals surface area (Å²) in [6.45, 7) is 5.25. The van der Waals surface area contributed by atoms with Crippen LogP contribution in [0.25, 0.3) is 0 Å². The average Bonchev–Trinajstić information content (AvgIpc) is 2.90. The molecular weight excluding hydrogens is 506 g/mol. The largest absolute Gasteiger partial charge is 0.478 e. The van der Waals surface area contributed by atoms with Crippen LogP contribution in [-0.4, -0.2) is 53.7 Å². The molecule has 10 nitrogen and oxygen atoms in total. The predicted molar refractivity (Wildman–Crippen MR) is 139 cm³/mol. The SMILES string of the molecule is CCOC(=O)c1cccc(NC(=O)[C@@H](OC(=O)c2cccc(C)c2)[C@H](OC(=O)c2cccc(C)c2)C(=O)O)c1. The number of carbonyl (C=O) groups excluding carboxylic acids is 4. The molecule has 0 spiro atoms. The van der Waals surface area contributed by atoms with Crippen LogP contribution in [0.2, 0.25) is 0 Å². The first-order valence-corrected chi connectivity index (χ1v) is 11.9. The van der Waals surface area contributed by atoms with Crippen molar-refractivity contribution in [3.05, 3.63) is 101 Å². The second-order valence-electron chi connectivity index (χ2n) is 8.52. The number of rotatable bonds is 10. The maximum Gasteiger partial charge on any atom is 0.349 e. The minimum absolute atomic E-state index is 0.0487. The van der Waals surface area contributed by atoms with E-state index in [1.54, 1.807) is 45.0 Å². The number of benzene rings is 3. The minimum Gasteiger partial charge on any atom is -0.478 e. The monoisotopic (exact) mass is 533 g/mol. The average molecular weight is 534 g/mol. The lowest BCUT2D eigenvalue weighted by Gasteiger charge is -2.23. The van der Waals surface area contributed by atoms with E-state index in [4.69, 9.17) is 14.2 Å². The zero-order valence-electron chi connectivity index (χ0n) is 21.5. The molecule has 2 atom stereocenters. The topological polar surface area (TPSA) is 145 Å². The molecule has 3 aromatic carbocycles. The van der Waals surface area contributed by atoms with Gasteiger partial charge in [-0.25, -0.2) is 19.2 Å². The summed E-state index contributed by atoms with van der Waals surface area (Å²) >= 11 is 0. The maximum absolute atomic E-state index is 13.3. The molecule has 3 rings (SSSR count). The van der Waals surface area contributed by atoms with E-state index in [0.29, 0.717) is 0 Å². The highest BCUT2D eigenvalue weighted by atomic mass is 16.6. The number of esters is 3. The van der Waals surface area contributed by atoms with Crippen molar-refractivity contribution in [3.63, 3.8) is 0 Å². The molecule has 10 heteroatoms. The smallest absolute Gasteiger partial charge is 0.349 e. The number of carboxylic acids is 1. The summed E-state index contributed by atoms with van der Waals surface area (Å²) < 4.78 is 15.5. The molecule has 202 valence electrons. The van der Waals surface area contributed by atoms with Crippen molar-refractivity contribution >= 4 is 35.5 Å². The zero-order chi connectivity index (χ0) is 28.5. The molecule has 0 fully saturated rings. The maximum atomic E-state index is 13.3. The van der Waals surface area contributed by atoms with Crippen molar-refractivity contribution in [1.29, 1.82) is 0 Å². The number of carboxylic acid groups (broad SMARTS) is 1. The summed E-state index contributed by atoms with van der Waals surface area (Å²) in [5.74, 6) is -5.47. The second kappa shape index (κ2) is 13.0. The van der Waals surface area contributed by atoms with E-state index < -0.39 is 42.0 Å². The number of aliphatic carboxylic acids is 1. The number of nitrogens with one attached hydrogen (secondary N) is 1. The van der Waals surface area contributed by atoms with Crippen LogP contribution < -0.4 is 5.32 Å². The molecule has 0 aliphatic heterocycles. The summed E-state index contributed by atoms with van der Waals surface area (Å²) in [6, 6.07) is 18.2. The summed E-state index contributed by atoms with van der Waals surface area (Å²) in [5, 5.41) is 12.3. The van der Waals surface area contributed by atoms with Crippen molar-refractivity contribution in [2.24, 2.45) is 0 Å². The first-order valence-electron chi connectivity index (χ1n) is 11.9. The molecule has 39 heavy (non-hydrogen) atoms. The number of hydrogen-bond acceptors (Lipinski definition) is 8. The molecule has 0 aliphatic carbocycles. The van der Waals surface area contributed by atoms with Crippen LogP contribution in [0.3, 0.4) is 0 Å². The number of carbonyl (C=O) groups is 5. The molecule has 1 amide bonds. The first kappa shape index (κ1) is 28.6. The van der Waals surface area contributed by atoms with E-state index in [1.165, 1.54) is 48.5 Å². The summed E-state index contributed by atoms with van der Waals surface area (Å²) in [4.78, 5) is 63.3. The van der Waals surface area contributed by atoms with Gasteiger partial charge < -0.3 is 24.6 Å². The van der Waals surface area contributed by atoms with Crippen molar-refractivity contribution < 1.29 is 43.3 Å². The molecule has 0 heterocycles. The number of aryl methyl sites for hydroxylation is 2. The van der Waals surface area contributed by atoms with Gasteiger partial charge in [-0.1, -0.05) is 41.5 Å².